The van der Waals surface area contributed by atoms with Gasteiger partial charge in [-0.3, -0.25) is 9.59 Å². The molecule has 0 saturated heterocycles. The molecule has 6 heteroatoms. The second-order valence-electron chi connectivity index (χ2n) is 5.40. The zero-order valence-electron chi connectivity index (χ0n) is 12.0. The maximum absolute atomic E-state index is 11.6. The van der Waals surface area contributed by atoms with E-state index in [1.54, 1.807) is 12.1 Å². The predicted octanol–water partition coefficient (Wildman–Crippen LogP) is 1.07. The highest BCUT2D eigenvalue weighted by Gasteiger charge is 2.23. The number of carbonyl (C=O) groups excluding carboxylic acids is 2. The Balaban J connectivity index is 1.58. The van der Waals surface area contributed by atoms with Gasteiger partial charge < -0.3 is 20.2 Å². The summed E-state index contributed by atoms with van der Waals surface area (Å²) in [5.74, 6) is 0.0293. The van der Waals surface area contributed by atoms with Crippen LogP contribution in [0.15, 0.2) is 22.8 Å². The summed E-state index contributed by atoms with van der Waals surface area (Å²) >= 11 is 0. The summed E-state index contributed by atoms with van der Waals surface area (Å²) in [6.45, 7) is 0.528. The lowest BCUT2D eigenvalue weighted by Gasteiger charge is -2.18. The molecule has 21 heavy (non-hydrogen) atoms. The van der Waals surface area contributed by atoms with Gasteiger partial charge in [0.05, 0.1) is 12.4 Å². The molecular formula is C15H22N2O4. The molecule has 2 amide bonds. The third kappa shape index (κ3) is 4.90. The Bertz CT molecular complexity index is 452. The second-order valence-corrected chi connectivity index (χ2v) is 5.40. The molecule has 1 aliphatic rings. The minimum Gasteiger partial charge on any atom is -0.459 e. The third-order valence-corrected chi connectivity index (χ3v) is 3.83. The van der Waals surface area contributed by atoms with E-state index in [0.29, 0.717) is 5.92 Å². The van der Waals surface area contributed by atoms with Crippen molar-refractivity contribution in [2.45, 2.75) is 38.2 Å². The zero-order valence-corrected chi connectivity index (χ0v) is 12.0. The quantitative estimate of drug-likeness (QED) is 0.701. The van der Waals surface area contributed by atoms with Crippen LogP contribution in [0.1, 0.15) is 42.7 Å². The smallest absolute Gasteiger partial charge is 0.286 e. The highest BCUT2D eigenvalue weighted by molar-refractivity contribution is 5.91. The molecule has 2 rings (SSSR count). The number of aliphatic hydroxyl groups is 1. The van der Waals surface area contributed by atoms with Crippen molar-refractivity contribution in [2.24, 2.45) is 5.92 Å². The van der Waals surface area contributed by atoms with Gasteiger partial charge in [0.25, 0.3) is 5.91 Å². The Morgan fingerprint density at radius 2 is 2.10 bits per heavy atom. The lowest BCUT2D eigenvalue weighted by molar-refractivity contribution is -0.121. The van der Waals surface area contributed by atoms with Gasteiger partial charge in [-0.25, -0.2) is 0 Å². The Morgan fingerprint density at radius 3 is 2.76 bits per heavy atom. The van der Waals surface area contributed by atoms with Crippen molar-refractivity contribution in [1.82, 2.24) is 10.6 Å². The van der Waals surface area contributed by atoms with Gasteiger partial charge in [0.1, 0.15) is 0 Å². The van der Waals surface area contributed by atoms with E-state index in [2.05, 4.69) is 10.6 Å². The monoisotopic (exact) mass is 294 g/mol. The SMILES string of the molecule is O=C(CCNC(=O)c1ccco1)NCC(O)C1CCCC1. The van der Waals surface area contributed by atoms with E-state index in [1.165, 1.54) is 6.26 Å². The summed E-state index contributed by atoms with van der Waals surface area (Å²) in [5, 5.41) is 15.2. The summed E-state index contributed by atoms with van der Waals surface area (Å²) in [7, 11) is 0. The van der Waals surface area contributed by atoms with E-state index in [9.17, 15) is 14.7 Å². The van der Waals surface area contributed by atoms with Gasteiger partial charge in [-0.15, -0.1) is 0 Å². The van der Waals surface area contributed by atoms with Crippen molar-refractivity contribution in [2.75, 3.05) is 13.1 Å². The molecule has 0 radical (unpaired) electrons. The maximum Gasteiger partial charge on any atom is 0.286 e. The van der Waals surface area contributed by atoms with Gasteiger partial charge in [0, 0.05) is 19.5 Å². The van der Waals surface area contributed by atoms with Gasteiger partial charge in [-0.05, 0) is 30.9 Å². The number of nitrogens with one attached hydrogen (secondary N) is 2. The van der Waals surface area contributed by atoms with Crippen LogP contribution in [-0.2, 0) is 4.79 Å². The molecule has 0 aliphatic heterocycles. The Hall–Kier alpha value is -1.82. The van der Waals surface area contributed by atoms with Crippen molar-refractivity contribution in [3.8, 4) is 0 Å². The Labute approximate surface area is 123 Å². The van der Waals surface area contributed by atoms with Crippen LogP contribution < -0.4 is 10.6 Å². The molecule has 0 bridgehead atoms. The first-order valence-corrected chi connectivity index (χ1v) is 7.43. The third-order valence-electron chi connectivity index (χ3n) is 3.83. The number of rotatable bonds is 7. The van der Waals surface area contributed by atoms with Gasteiger partial charge in [-0.2, -0.15) is 0 Å². The summed E-state index contributed by atoms with van der Waals surface area (Å²) < 4.78 is 4.94. The van der Waals surface area contributed by atoms with Crippen LogP contribution in [0.25, 0.3) is 0 Å². The van der Waals surface area contributed by atoms with Crippen molar-refractivity contribution in [3.05, 3.63) is 24.2 Å². The molecule has 0 aromatic carbocycles. The minimum atomic E-state index is -0.464. The van der Waals surface area contributed by atoms with Crippen LogP contribution in [0.4, 0.5) is 0 Å². The lowest BCUT2D eigenvalue weighted by Crippen LogP contribution is -2.37. The first-order valence-electron chi connectivity index (χ1n) is 7.43. The maximum atomic E-state index is 11.6. The minimum absolute atomic E-state index is 0.174. The van der Waals surface area contributed by atoms with Crippen molar-refractivity contribution < 1.29 is 19.1 Å². The van der Waals surface area contributed by atoms with Crippen LogP contribution in [0.3, 0.4) is 0 Å². The molecule has 1 saturated carbocycles. The average molecular weight is 294 g/mol. The van der Waals surface area contributed by atoms with E-state index in [4.69, 9.17) is 4.42 Å². The lowest BCUT2D eigenvalue weighted by atomic mass is 10.0. The first kappa shape index (κ1) is 15.6. The fraction of sp³-hybridized carbons (Fsp3) is 0.600. The fourth-order valence-corrected chi connectivity index (χ4v) is 2.60. The zero-order chi connectivity index (χ0) is 15.1. The van der Waals surface area contributed by atoms with Crippen LogP contribution in [-0.4, -0.2) is 36.1 Å². The van der Waals surface area contributed by atoms with Crippen molar-refractivity contribution >= 4 is 11.8 Å². The molecular weight excluding hydrogens is 272 g/mol. The van der Waals surface area contributed by atoms with E-state index in [0.717, 1.165) is 25.7 Å². The second kappa shape index (κ2) is 7.83. The molecule has 3 N–H and O–H groups in total. The standard InChI is InChI=1S/C15H22N2O4/c18-12(11-4-1-2-5-11)10-17-14(19)7-8-16-15(20)13-6-3-9-21-13/h3,6,9,11-12,18H,1-2,4-5,7-8,10H2,(H,16,20)(H,17,19). The molecule has 1 fully saturated rings. The Morgan fingerprint density at radius 1 is 1.33 bits per heavy atom. The van der Waals surface area contributed by atoms with E-state index in [1.807, 2.05) is 0 Å². The van der Waals surface area contributed by atoms with Gasteiger partial charge >= 0.3 is 0 Å². The molecule has 1 atom stereocenters. The number of hydrogen-bond donors (Lipinski definition) is 3. The number of carbonyl (C=O) groups is 2. The number of hydrogen-bond acceptors (Lipinski definition) is 4. The summed E-state index contributed by atoms with van der Waals surface area (Å²) in [4.78, 5) is 23.2. The van der Waals surface area contributed by atoms with Crippen LogP contribution in [0.5, 0.6) is 0 Å². The number of furan rings is 1. The van der Waals surface area contributed by atoms with E-state index < -0.39 is 6.10 Å². The number of amides is 2. The molecule has 116 valence electrons. The molecule has 1 unspecified atom stereocenters. The number of aliphatic hydroxyl groups excluding tert-OH is 1. The Kier molecular flexibility index (Phi) is 5.80. The summed E-state index contributed by atoms with van der Waals surface area (Å²) in [6.07, 6.45) is 5.54. The predicted molar refractivity (Wildman–Crippen MR) is 76.6 cm³/mol. The van der Waals surface area contributed by atoms with Crippen LogP contribution >= 0.6 is 0 Å². The van der Waals surface area contributed by atoms with Crippen LogP contribution in [0, 0.1) is 5.92 Å². The van der Waals surface area contributed by atoms with Crippen molar-refractivity contribution in [1.29, 1.82) is 0 Å². The first-order chi connectivity index (χ1) is 10.2. The van der Waals surface area contributed by atoms with E-state index in [-0.39, 0.29) is 37.1 Å². The highest BCUT2D eigenvalue weighted by atomic mass is 16.3. The largest absolute Gasteiger partial charge is 0.459 e. The molecule has 1 aromatic rings. The van der Waals surface area contributed by atoms with Crippen molar-refractivity contribution in [3.63, 3.8) is 0 Å². The topological polar surface area (TPSA) is 91.6 Å². The fourth-order valence-electron chi connectivity index (χ4n) is 2.60. The summed E-state index contributed by atoms with van der Waals surface area (Å²) in [6, 6.07) is 3.19. The summed E-state index contributed by atoms with van der Waals surface area (Å²) in [5.41, 5.74) is 0. The molecule has 1 heterocycles. The highest BCUT2D eigenvalue weighted by Crippen LogP contribution is 2.27. The van der Waals surface area contributed by atoms with Crippen LogP contribution in [0.2, 0.25) is 0 Å². The van der Waals surface area contributed by atoms with Gasteiger partial charge in [0.15, 0.2) is 5.76 Å². The molecule has 6 nitrogen and oxygen atoms in total. The van der Waals surface area contributed by atoms with Gasteiger partial charge in [-0.1, -0.05) is 12.8 Å². The molecule has 1 aromatic heterocycles. The normalized spacial score (nSPS) is 16.6. The average Bonchev–Trinajstić information content (AvgIpc) is 3.16. The molecule has 1 aliphatic carbocycles. The molecule has 0 spiro atoms. The van der Waals surface area contributed by atoms with Gasteiger partial charge in [0.2, 0.25) is 5.91 Å². The van der Waals surface area contributed by atoms with E-state index >= 15 is 0 Å².